The highest BCUT2D eigenvalue weighted by atomic mass is 16.6. The number of aliphatic hydroxyl groups excluding tert-OH is 1. The van der Waals surface area contributed by atoms with E-state index in [1.165, 1.54) is 0 Å². The maximum atomic E-state index is 12.1. The number of nitrogens with zero attached hydrogens (tertiary/aromatic N) is 3. The normalized spacial score (nSPS) is 19.5. The number of rotatable bonds is 2. The van der Waals surface area contributed by atoms with E-state index in [1.807, 2.05) is 43.9 Å². The standard InChI is InChI=1S/C15H23N3O3/c1-15(2,3)21-14(20)17-8-9-18(12(10-17)11-19)13-6-4-5-7-16-13/h4-7,12,19H,8-11H2,1-3H3. The second-order valence-corrected chi connectivity index (χ2v) is 6.14. The van der Waals surface area contributed by atoms with E-state index in [2.05, 4.69) is 4.98 Å². The summed E-state index contributed by atoms with van der Waals surface area (Å²) >= 11 is 0. The Morgan fingerprint density at radius 3 is 2.76 bits per heavy atom. The van der Waals surface area contributed by atoms with Crippen LogP contribution in [-0.4, -0.2) is 59.0 Å². The van der Waals surface area contributed by atoms with Crippen molar-refractivity contribution in [1.82, 2.24) is 9.88 Å². The van der Waals surface area contributed by atoms with E-state index in [4.69, 9.17) is 4.74 Å². The van der Waals surface area contributed by atoms with Crippen molar-refractivity contribution in [1.29, 1.82) is 0 Å². The van der Waals surface area contributed by atoms with Crippen molar-refractivity contribution in [2.45, 2.75) is 32.4 Å². The fourth-order valence-corrected chi connectivity index (χ4v) is 2.33. The average Bonchev–Trinajstić information content (AvgIpc) is 2.45. The van der Waals surface area contributed by atoms with Gasteiger partial charge >= 0.3 is 6.09 Å². The number of ether oxygens (including phenoxy) is 1. The van der Waals surface area contributed by atoms with E-state index < -0.39 is 5.60 Å². The van der Waals surface area contributed by atoms with Gasteiger partial charge in [0.2, 0.25) is 0 Å². The molecule has 2 heterocycles. The molecule has 0 aliphatic carbocycles. The van der Waals surface area contributed by atoms with Crippen LogP contribution in [0.15, 0.2) is 24.4 Å². The first-order valence-corrected chi connectivity index (χ1v) is 7.17. The molecule has 1 aromatic rings. The van der Waals surface area contributed by atoms with Gasteiger partial charge in [0, 0.05) is 25.8 Å². The lowest BCUT2D eigenvalue weighted by atomic mass is 10.1. The van der Waals surface area contributed by atoms with Crippen molar-refractivity contribution in [3.63, 3.8) is 0 Å². The summed E-state index contributed by atoms with van der Waals surface area (Å²) in [6.07, 6.45) is 1.39. The predicted octanol–water partition coefficient (Wildman–Crippen LogP) is 1.50. The van der Waals surface area contributed by atoms with Crippen molar-refractivity contribution >= 4 is 11.9 Å². The summed E-state index contributed by atoms with van der Waals surface area (Å²) in [7, 11) is 0. The Hall–Kier alpha value is -1.82. The van der Waals surface area contributed by atoms with E-state index in [1.54, 1.807) is 11.1 Å². The minimum absolute atomic E-state index is 0.0319. The second-order valence-electron chi connectivity index (χ2n) is 6.14. The van der Waals surface area contributed by atoms with Crippen LogP contribution in [0.5, 0.6) is 0 Å². The molecule has 1 amide bonds. The topological polar surface area (TPSA) is 65.9 Å². The van der Waals surface area contributed by atoms with E-state index in [0.29, 0.717) is 19.6 Å². The summed E-state index contributed by atoms with van der Waals surface area (Å²) in [5.41, 5.74) is -0.510. The van der Waals surface area contributed by atoms with Crippen molar-refractivity contribution in [3.8, 4) is 0 Å². The Balaban J connectivity index is 2.03. The van der Waals surface area contributed by atoms with Crippen molar-refractivity contribution in [2.75, 3.05) is 31.1 Å². The highest BCUT2D eigenvalue weighted by Gasteiger charge is 2.32. The molecule has 2 rings (SSSR count). The van der Waals surface area contributed by atoms with Gasteiger partial charge in [-0.05, 0) is 32.9 Å². The number of amides is 1. The van der Waals surface area contributed by atoms with Gasteiger partial charge in [0.05, 0.1) is 12.6 Å². The third kappa shape index (κ3) is 4.07. The first-order valence-electron chi connectivity index (χ1n) is 7.17. The lowest BCUT2D eigenvalue weighted by Crippen LogP contribution is -2.57. The van der Waals surface area contributed by atoms with Gasteiger partial charge in [0.25, 0.3) is 0 Å². The second kappa shape index (κ2) is 6.30. The molecule has 0 aromatic carbocycles. The molecule has 6 heteroatoms. The number of carbonyl (C=O) groups is 1. The molecule has 116 valence electrons. The molecule has 21 heavy (non-hydrogen) atoms. The Morgan fingerprint density at radius 2 is 2.19 bits per heavy atom. The van der Waals surface area contributed by atoms with Gasteiger partial charge in [-0.25, -0.2) is 9.78 Å². The number of hydrogen-bond acceptors (Lipinski definition) is 5. The van der Waals surface area contributed by atoms with E-state index in [9.17, 15) is 9.90 Å². The lowest BCUT2D eigenvalue weighted by Gasteiger charge is -2.41. The van der Waals surface area contributed by atoms with Crippen LogP contribution in [0.25, 0.3) is 0 Å². The molecule has 1 fully saturated rings. The molecular weight excluding hydrogens is 270 g/mol. The quantitative estimate of drug-likeness (QED) is 0.895. The first kappa shape index (κ1) is 15.6. The Bertz CT molecular complexity index is 473. The maximum Gasteiger partial charge on any atom is 0.410 e. The summed E-state index contributed by atoms with van der Waals surface area (Å²) in [5, 5.41) is 9.61. The number of piperazine rings is 1. The Kier molecular flexibility index (Phi) is 4.67. The van der Waals surface area contributed by atoms with Crippen LogP contribution in [0.1, 0.15) is 20.8 Å². The van der Waals surface area contributed by atoms with E-state index in [-0.39, 0.29) is 18.7 Å². The number of aliphatic hydroxyl groups is 1. The average molecular weight is 293 g/mol. The number of pyridine rings is 1. The summed E-state index contributed by atoms with van der Waals surface area (Å²) in [6, 6.07) is 5.51. The van der Waals surface area contributed by atoms with Gasteiger partial charge in [0.1, 0.15) is 11.4 Å². The molecular formula is C15H23N3O3. The third-order valence-corrected chi connectivity index (χ3v) is 3.29. The van der Waals surface area contributed by atoms with Gasteiger partial charge in [-0.1, -0.05) is 6.07 Å². The number of carbonyl (C=O) groups excluding carboxylic acids is 1. The smallest absolute Gasteiger partial charge is 0.410 e. The molecule has 0 bridgehead atoms. The van der Waals surface area contributed by atoms with Crippen LogP contribution >= 0.6 is 0 Å². The molecule has 0 radical (unpaired) electrons. The molecule has 0 spiro atoms. The first-order chi connectivity index (χ1) is 9.90. The summed E-state index contributed by atoms with van der Waals surface area (Å²) in [4.78, 5) is 20.1. The number of aromatic nitrogens is 1. The molecule has 1 aliphatic rings. The van der Waals surface area contributed by atoms with Crippen LogP contribution in [0.2, 0.25) is 0 Å². The predicted molar refractivity (Wildman–Crippen MR) is 80.3 cm³/mol. The zero-order valence-corrected chi connectivity index (χ0v) is 12.8. The van der Waals surface area contributed by atoms with Crippen LogP contribution in [0.4, 0.5) is 10.6 Å². The number of hydrogen-bond donors (Lipinski definition) is 1. The van der Waals surface area contributed by atoms with Crippen molar-refractivity contribution in [2.24, 2.45) is 0 Å². The minimum atomic E-state index is -0.510. The molecule has 1 unspecified atom stereocenters. The zero-order chi connectivity index (χ0) is 15.5. The van der Waals surface area contributed by atoms with Crippen LogP contribution in [0, 0.1) is 0 Å². The Morgan fingerprint density at radius 1 is 1.43 bits per heavy atom. The van der Waals surface area contributed by atoms with Crippen molar-refractivity contribution < 1.29 is 14.6 Å². The van der Waals surface area contributed by atoms with Gasteiger partial charge in [-0.2, -0.15) is 0 Å². The summed E-state index contributed by atoms with van der Waals surface area (Å²) in [6.45, 7) is 7.12. The van der Waals surface area contributed by atoms with Crippen molar-refractivity contribution in [3.05, 3.63) is 24.4 Å². The van der Waals surface area contributed by atoms with E-state index >= 15 is 0 Å². The zero-order valence-electron chi connectivity index (χ0n) is 12.8. The molecule has 1 aromatic heterocycles. The number of anilines is 1. The largest absolute Gasteiger partial charge is 0.444 e. The van der Waals surface area contributed by atoms with Crippen LogP contribution in [-0.2, 0) is 4.74 Å². The Labute approximate surface area is 125 Å². The molecule has 0 saturated carbocycles. The van der Waals surface area contributed by atoms with E-state index in [0.717, 1.165) is 5.82 Å². The molecule has 1 atom stereocenters. The third-order valence-electron chi connectivity index (χ3n) is 3.29. The highest BCUT2D eigenvalue weighted by Crippen LogP contribution is 2.19. The van der Waals surface area contributed by atoms with Gasteiger partial charge < -0.3 is 19.6 Å². The SMILES string of the molecule is CC(C)(C)OC(=O)N1CCN(c2ccccn2)C(CO)C1. The van der Waals surface area contributed by atoms with Crippen LogP contribution in [0.3, 0.4) is 0 Å². The minimum Gasteiger partial charge on any atom is -0.444 e. The lowest BCUT2D eigenvalue weighted by molar-refractivity contribution is 0.0197. The molecule has 1 aliphatic heterocycles. The van der Waals surface area contributed by atoms with Gasteiger partial charge in [-0.15, -0.1) is 0 Å². The van der Waals surface area contributed by atoms with Crippen LogP contribution < -0.4 is 4.90 Å². The summed E-state index contributed by atoms with van der Waals surface area (Å²) in [5.74, 6) is 0.820. The van der Waals surface area contributed by atoms with Gasteiger partial charge in [0.15, 0.2) is 0 Å². The molecule has 1 N–H and O–H groups in total. The fourth-order valence-electron chi connectivity index (χ4n) is 2.33. The monoisotopic (exact) mass is 293 g/mol. The highest BCUT2D eigenvalue weighted by molar-refractivity contribution is 5.68. The fraction of sp³-hybridized carbons (Fsp3) is 0.600. The maximum absolute atomic E-state index is 12.1. The molecule has 1 saturated heterocycles. The van der Waals surface area contributed by atoms with Gasteiger partial charge in [-0.3, -0.25) is 0 Å². The summed E-state index contributed by atoms with van der Waals surface area (Å²) < 4.78 is 5.38. The molecule has 6 nitrogen and oxygen atoms in total.